The number of aromatic amines is 1. The molecule has 1 unspecified atom stereocenters. The molecular weight excluding hydrogens is 242 g/mol. The number of carboxylic acids is 1. The van der Waals surface area contributed by atoms with Gasteiger partial charge in [-0.15, -0.1) is 5.10 Å². The van der Waals surface area contributed by atoms with E-state index in [1.165, 1.54) is 0 Å². The van der Waals surface area contributed by atoms with Crippen molar-refractivity contribution in [1.82, 2.24) is 15.2 Å². The number of hydrogen-bond donors (Lipinski definition) is 2. The Morgan fingerprint density at radius 2 is 2.06 bits per heavy atom. The van der Waals surface area contributed by atoms with Crippen LogP contribution in [0.3, 0.4) is 0 Å². The molecule has 7 heteroatoms. The molecule has 0 saturated carbocycles. The van der Waals surface area contributed by atoms with Gasteiger partial charge in [0.2, 0.25) is 5.75 Å². The zero-order valence-corrected chi connectivity index (χ0v) is 9.48. The van der Waals surface area contributed by atoms with Gasteiger partial charge in [-0.1, -0.05) is 35.4 Å². The molecule has 1 heterocycles. The molecule has 1 aromatic carbocycles. The van der Waals surface area contributed by atoms with Crippen LogP contribution in [0.25, 0.3) is 11.4 Å². The van der Waals surface area contributed by atoms with Crippen LogP contribution in [0, 0.1) is 0 Å². The van der Waals surface area contributed by atoms with E-state index in [1.807, 2.05) is 30.3 Å². The molecule has 0 bridgehead atoms. The summed E-state index contributed by atoms with van der Waals surface area (Å²) in [6.07, 6.45) is 0. The van der Waals surface area contributed by atoms with Gasteiger partial charge in [-0.05, 0) is 0 Å². The Kier molecular flexibility index (Phi) is 3.40. The number of rotatable bonds is 4. The molecule has 2 aromatic rings. The lowest BCUT2D eigenvalue weighted by Gasteiger charge is -2.01. The molecule has 2 N–H and O–H groups in total. The number of carbonyl (C=O) groups is 1. The van der Waals surface area contributed by atoms with Gasteiger partial charge in [0.1, 0.15) is 0 Å². The third kappa shape index (κ3) is 2.83. The van der Waals surface area contributed by atoms with Crippen molar-refractivity contribution in [2.45, 2.75) is 5.16 Å². The average molecular weight is 251 g/mol. The molecule has 0 radical (unpaired) electrons. The Morgan fingerprint density at radius 3 is 2.71 bits per heavy atom. The number of carboxylic acid groups (broad SMARTS) is 1. The first kappa shape index (κ1) is 11.6. The van der Waals surface area contributed by atoms with Crippen molar-refractivity contribution in [2.24, 2.45) is 0 Å². The molecule has 6 nitrogen and oxygen atoms in total. The Bertz CT molecular complexity index is 515. The number of aromatic nitrogens is 3. The molecule has 1 atom stereocenters. The Morgan fingerprint density at radius 1 is 1.35 bits per heavy atom. The summed E-state index contributed by atoms with van der Waals surface area (Å²) < 4.78 is 11.5. The summed E-state index contributed by atoms with van der Waals surface area (Å²) in [5.74, 6) is -1.15. The molecule has 0 amide bonds. The molecule has 1 aromatic heterocycles. The highest BCUT2D eigenvalue weighted by molar-refractivity contribution is 7.91. The summed E-state index contributed by atoms with van der Waals surface area (Å²) in [4.78, 5) is 13.2. The lowest BCUT2D eigenvalue weighted by atomic mass is 10.2. The van der Waals surface area contributed by atoms with Gasteiger partial charge < -0.3 is 9.66 Å². The summed E-state index contributed by atoms with van der Waals surface area (Å²) in [5.41, 5.74) is 0.804. The minimum atomic E-state index is -1.70. The van der Waals surface area contributed by atoms with Crippen molar-refractivity contribution in [3.05, 3.63) is 30.3 Å². The predicted molar refractivity (Wildman–Crippen MR) is 60.7 cm³/mol. The minimum Gasteiger partial charge on any atom is -0.609 e. The standard InChI is InChI=1S/C10H9N3O3S/c14-8(15)6-17(16)10-11-9(12-13-10)7-4-2-1-3-5-7/h1-5H,6H2,(H,14,15)(H,11,12,13). The maximum Gasteiger partial charge on any atom is 0.354 e. The highest BCUT2D eigenvalue weighted by Crippen LogP contribution is 2.15. The second-order valence-electron chi connectivity index (χ2n) is 3.23. The second-order valence-corrected chi connectivity index (χ2v) is 4.59. The summed E-state index contributed by atoms with van der Waals surface area (Å²) in [5, 5.41) is 16.1. The van der Waals surface area contributed by atoms with E-state index in [-0.39, 0.29) is 5.16 Å². The quantitative estimate of drug-likeness (QED) is 0.777. The number of nitrogens with one attached hydrogen (secondary N) is 1. The van der Waals surface area contributed by atoms with E-state index < -0.39 is 22.9 Å². The molecular formula is C10H9N3O3S. The van der Waals surface area contributed by atoms with Gasteiger partial charge >= 0.3 is 11.1 Å². The fourth-order valence-electron chi connectivity index (χ4n) is 1.26. The number of aliphatic carboxylic acids is 1. The average Bonchev–Trinajstić information content (AvgIpc) is 2.78. The van der Waals surface area contributed by atoms with Gasteiger partial charge in [0.05, 0.1) is 0 Å². The van der Waals surface area contributed by atoms with Crippen molar-refractivity contribution in [2.75, 3.05) is 5.75 Å². The van der Waals surface area contributed by atoms with Crippen LogP contribution < -0.4 is 0 Å². The topological polar surface area (TPSA) is 102 Å². The van der Waals surface area contributed by atoms with Crippen LogP contribution in [0.4, 0.5) is 0 Å². The Balaban J connectivity index is 2.19. The number of nitrogens with zero attached hydrogens (tertiary/aromatic N) is 2. The summed E-state index contributed by atoms with van der Waals surface area (Å²) in [6.45, 7) is 0. The Labute approximate surface area is 99.9 Å². The van der Waals surface area contributed by atoms with E-state index in [9.17, 15) is 9.35 Å². The Hall–Kier alpha value is -1.86. The van der Waals surface area contributed by atoms with Gasteiger partial charge in [-0.2, -0.15) is 0 Å². The van der Waals surface area contributed by atoms with Gasteiger partial charge in [0.15, 0.2) is 5.82 Å². The second kappa shape index (κ2) is 4.98. The molecule has 0 fully saturated rings. The monoisotopic (exact) mass is 251 g/mol. The summed E-state index contributed by atoms with van der Waals surface area (Å²) >= 11 is -1.70. The van der Waals surface area contributed by atoms with Gasteiger partial charge in [0.25, 0.3) is 0 Å². The van der Waals surface area contributed by atoms with E-state index in [1.54, 1.807) is 0 Å². The van der Waals surface area contributed by atoms with E-state index >= 15 is 0 Å². The van der Waals surface area contributed by atoms with Gasteiger partial charge in [-0.25, -0.2) is 4.79 Å². The van der Waals surface area contributed by atoms with Crippen LogP contribution in [-0.2, 0) is 16.0 Å². The van der Waals surface area contributed by atoms with Crippen LogP contribution in [0.1, 0.15) is 0 Å². The van der Waals surface area contributed by atoms with E-state index in [2.05, 4.69) is 15.2 Å². The first-order valence-electron chi connectivity index (χ1n) is 4.75. The van der Waals surface area contributed by atoms with E-state index in [0.29, 0.717) is 5.82 Å². The fraction of sp³-hybridized carbons (Fsp3) is 0.100. The molecule has 0 saturated heterocycles. The number of hydrogen-bond acceptors (Lipinski definition) is 4. The number of benzene rings is 1. The third-order valence-corrected chi connectivity index (χ3v) is 3.11. The van der Waals surface area contributed by atoms with Crippen LogP contribution in [0.2, 0.25) is 0 Å². The third-order valence-electron chi connectivity index (χ3n) is 1.98. The van der Waals surface area contributed by atoms with Gasteiger partial charge in [0, 0.05) is 16.7 Å². The zero-order chi connectivity index (χ0) is 12.3. The molecule has 0 aliphatic rings. The highest BCUT2D eigenvalue weighted by atomic mass is 32.2. The first-order chi connectivity index (χ1) is 8.16. The minimum absolute atomic E-state index is 0.0752. The lowest BCUT2D eigenvalue weighted by Crippen LogP contribution is -2.16. The van der Waals surface area contributed by atoms with E-state index in [0.717, 1.165) is 5.56 Å². The predicted octanol–water partition coefficient (Wildman–Crippen LogP) is 0.664. The largest absolute Gasteiger partial charge is 0.609 e. The van der Waals surface area contributed by atoms with Crippen molar-refractivity contribution >= 4 is 17.1 Å². The van der Waals surface area contributed by atoms with E-state index in [4.69, 9.17) is 5.11 Å². The molecule has 88 valence electrons. The van der Waals surface area contributed by atoms with Gasteiger partial charge in [-0.3, -0.25) is 4.98 Å². The summed E-state index contributed by atoms with van der Waals surface area (Å²) in [7, 11) is 0. The molecule has 0 aliphatic carbocycles. The molecule has 2 rings (SSSR count). The molecule has 17 heavy (non-hydrogen) atoms. The van der Waals surface area contributed by atoms with Crippen molar-refractivity contribution < 1.29 is 14.5 Å². The normalized spacial score (nSPS) is 12.3. The smallest absolute Gasteiger partial charge is 0.354 e. The summed E-state index contributed by atoms with van der Waals surface area (Å²) in [6, 6.07) is 9.19. The van der Waals surface area contributed by atoms with Crippen LogP contribution in [0.5, 0.6) is 0 Å². The van der Waals surface area contributed by atoms with Crippen LogP contribution in [0.15, 0.2) is 35.5 Å². The zero-order valence-electron chi connectivity index (χ0n) is 8.66. The van der Waals surface area contributed by atoms with Crippen molar-refractivity contribution in [3.8, 4) is 11.4 Å². The molecule has 0 aliphatic heterocycles. The van der Waals surface area contributed by atoms with Crippen LogP contribution in [-0.4, -0.2) is 36.6 Å². The van der Waals surface area contributed by atoms with Crippen LogP contribution >= 0.6 is 0 Å². The SMILES string of the molecule is O=C(O)C[S+]([O-])c1nnc(-c2ccccc2)[nH]1. The first-order valence-corrected chi connectivity index (χ1v) is 6.07. The van der Waals surface area contributed by atoms with Crippen molar-refractivity contribution in [1.29, 1.82) is 0 Å². The van der Waals surface area contributed by atoms with Crippen molar-refractivity contribution in [3.63, 3.8) is 0 Å². The fourth-order valence-corrected chi connectivity index (χ4v) is 1.96. The number of H-pyrrole nitrogens is 1. The highest BCUT2D eigenvalue weighted by Gasteiger charge is 2.20. The molecule has 0 spiro atoms. The lowest BCUT2D eigenvalue weighted by molar-refractivity contribution is -0.134. The maximum atomic E-state index is 11.5. The maximum absolute atomic E-state index is 11.5.